The number of hydrogen-bond donors (Lipinski definition) is 2. The standard InChI is InChI=1S/C17H22BFO5/c1-16(2)17(3,4)24-18(23-16)13(10-20)9-12-6-5-11(7-14(12)19)8-15(21)22/h5-7,9,20H,8,10H2,1-4H3,(H,21,22). The van der Waals surface area contributed by atoms with Crippen molar-refractivity contribution in [1.82, 2.24) is 0 Å². The highest BCUT2D eigenvalue weighted by molar-refractivity contribution is 6.55. The van der Waals surface area contributed by atoms with E-state index in [1.54, 1.807) is 6.07 Å². The molecular weight excluding hydrogens is 314 g/mol. The SMILES string of the molecule is CC1(C)OB(C(=Cc2ccc(CC(=O)O)cc2F)CO)OC1(C)C. The van der Waals surface area contributed by atoms with E-state index in [1.165, 1.54) is 18.2 Å². The molecule has 0 aliphatic carbocycles. The number of benzene rings is 1. The van der Waals surface area contributed by atoms with Gasteiger partial charge in [0.1, 0.15) is 5.82 Å². The van der Waals surface area contributed by atoms with Crippen molar-refractivity contribution in [2.75, 3.05) is 6.61 Å². The van der Waals surface area contributed by atoms with Gasteiger partial charge in [-0.3, -0.25) is 4.79 Å². The van der Waals surface area contributed by atoms with Crippen LogP contribution in [0.25, 0.3) is 6.08 Å². The van der Waals surface area contributed by atoms with E-state index in [0.29, 0.717) is 11.0 Å². The summed E-state index contributed by atoms with van der Waals surface area (Å²) in [6, 6.07) is 4.20. The molecule has 1 aromatic rings. The summed E-state index contributed by atoms with van der Waals surface area (Å²) in [5, 5.41) is 18.4. The predicted octanol–water partition coefficient (Wildman–Crippen LogP) is 2.46. The van der Waals surface area contributed by atoms with Gasteiger partial charge in [0.15, 0.2) is 0 Å². The van der Waals surface area contributed by atoms with Crippen LogP contribution >= 0.6 is 0 Å². The smallest absolute Gasteiger partial charge is 0.481 e. The van der Waals surface area contributed by atoms with Crippen LogP contribution in [-0.4, -0.2) is 41.1 Å². The van der Waals surface area contributed by atoms with Crippen molar-refractivity contribution in [2.24, 2.45) is 0 Å². The second-order valence-electron chi connectivity index (χ2n) is 6.89. The second kappa shape index (κ2) is 6.66. The Bertz CT molecular complexity index is 653. The Kier molecular flexibility index (Phi) is 5.18. The third kappa shape index (κ3) is 3.86. The average Bonchev–Trinajstić information content (AvgIpc) is 2.65. The number of aliphatic hydroxyl groups is 1. The van der Waals surface area contributed by atoms with Crippen LogP contribution < -0.4 is 0 Å². The molecule has 0 saturated carbocycles. The topological polar surface area (TPSA) is 76.0 Å². The van der Waals surface area contributed by atoms with Crippen molar-refractivity contribution < 1.29 is 28.7 Å². The Morgan fingerprint density at radius 1 is 1.25 bits per heavy atom. The lowest BCUT2D eigenvalue weighted by Crippen LogP contribution is -2.41. The first-order chi connectivity index (χ1) is 11.1. The highest BCUT2D eigenvalue weighted by atomic mass is 19.1. The minimum Gasteiger partial charge on any atom is -0.481 e. The molecule has 0 unspecified atom stereocenters. The molecule has 1 heterocycles. The van der Waals surface area contributed by atoms with Crippen molar-refractivity contribution in [2.45, 2.75) is 45.3 Å². The van der Waals surface area contributed by atoms with Gasteiger partial charge >= 0.3 is 13.1 Å². The van der Waals surface area contributed by atoms with Crippen LogP contribution in [0.4, 0.5) is 4.39 Å². The first-order valence-corrected chi connectivity index (χ1v) is 7.73. The number of aliphatic carboxylic acids is 1. The first-order valence-electron chi connectivity index (χ1n) is 7.73. The lowest BCUT2D eigenvalue weighted by Gasteiger charge is -2.32. The van der Waals surface area contributed by atoms with Gasteiger partial charge in [-0.25, -0.2) is 4.39 Å². The summed E-state index contributed by atoms with van der Waals surface area (Å²) in [5.41, 5.74) is -0.106. The van der Waals surface area contributed by atoms with Crippen molar-refractivity contribution in [3.8, 4) is 0 Å². The van der Waals surface area contributed by atoms with Gasteiger partial charge in [-0.2, -0.15) is 0 Å². The monoisotopic (exact) mass is 336 g/mol. The lowest BCUT2D eigenvalue weighted by atomic mass is 9.77. The zero-order chi connectivity index (χ0) is 18.1. The number of rotatable bonds is 5. The van der Waals surface area contributed by atoms with E-state index in [0.717, 1.165) is 0 Å². The Hall–Kier alpha value is -1.70. The zero-order valence-electron chi connectivity index (χ0n) is 14.3. The Morgan fingerprint density at radius 3 is 2.29 bits per heavy atom. The second-order valence-corrected chi connectivity index (χ2v) is 6.89. The van der Waals surface area contributed by atoms with Crippen LogP contribution in [0.15, 0.2) is 23.7 Å². The van der Waals surface area contributed by atoms with Crippen LogP contribution in [0.1, 0.15) is 38.8 Å². The molecule has 1 aliphatic rings. The van der Waals surface area contributed by atoms with Crippen molar-refractivity contribution >= 4 is 19.2 Å². The molecule has 0 amide bonds. The van der Waals surface area contributed by atoms with E-state index in [4.69, 9.17) is 14.4 Å². The number of hydrogen-bond acceptors (Lipinski definition) is 4. The molecule has 0 atom stereocenters. The van der Waals surface area contributed by atoms with Crippen LogP contribution in [0.2, 0.25) is 0 Å². The van der Waals surface area contributed by atoms with Gasteiger partial charge in [0.25, 0.3) is 0 Å². The number of aliphatic hydroxyl groups excluding tert-OH is 1. The fourth-order valence-electron chi connectivity index (χ4n) is 2.35. The van der Waals surface area contributed by atoms with E-state index in [9.17, 15) is 14.3 Å². The molecular formula is C17H22BFO5. The summed E-state index contributed by atoms with van der Waals surface area (Å²) in [6.45, 7) is 7.23. The molecule has 0 radical (unpaired) electrons. The molecule has 7 heteroatoms. The molecule has 2 rings (SSSR count). The lowest BCUT2D eigenvalue weighted by molar-refractivity contribution is -0.136. The maximum absolute atomic E-state index is 14.2. The molecule has 130 valence electrons. The molecule has 0 bridgehead atoms. The summed E-state index contributed by atoms with van der Waals surface area (Å²) in [5.74, 6) is -1.58. The third-order valence-electron chi connectivity index (χ3n) is 4.50. The highest BCUT2D eigenvalue weighted by Gasteiger charge is 2.52. The summed E-state index contributed by atoms with van der Waals surface area (Å²) >= 11 is 0. The minimum absolute atomic E-state index is 0.239. The number of carbonyl (C=O) groups is 1. The Balaban J connectivity index is 2.27. The maximum atomic E-state index is 14.2. The molecule has 1 aromatic carbocycles. The van der Waals surface area contributed by atoms with Crippen molar-refractivity contribution in [1.29, 1.82) is 0 Å². The number of carboxylic acids is 1. The van der Waals surface area contributed by atoms with E-state index < -0.39 is 30.1 Å². The molecule has 0 aromatic heterocycles. The van der Waals surface area contributed by atoms with Crippen LogP contribution in [0, 0.1) is 5.82 Å². The van der Waals surface area contributed by atoms with Gasteiger partial charge in [0.2, 0.25) is 0 Å². The van der Waals surface area contributed by atoms with Crippen molar-refractivity contribution in [3.05, 3.63) is 40.6 Å². The maximum Gasteiger partial charge on any atom is 0.492 e. The summed E-state index contributed by atoms with van der Waals surface area (Å²) in [7, 11) is -0.766. The third-order valence-corrected chi connectivity index (χ3v) is 4.50. The van der Waals surface area contributed by atoms with Crippen LogP contribution in [0.3, 0.4) is 0 Å². The molecule has 1 aliphatic heterocycles. The van der Waals surface area contributed by atoms with Crippen LogP contribution in [0.5, 0.6) is 0 Å². The minimum atomic E-state index is -1.02. The number of carboxylic acid groups (broad SMARTS) is 1. The number of halogens is 1. The van der Waals surface area contributed by atoms with E-state index in [1.807, 2.05) is 27.7 Å². The van der Waals surface area contributed by atoms with Crippen LogP contribution in [-0.2, 0) is 20.5 Å². The van der Waals surface area contributed by atoms with Gasteiger partial charge in [0, 0.05) is 5.56 Å². The molecule has 1 fully saturated rings. The summed E-state index contributed by atoms with van der Waals surface area (Å²) < 4.78 is 25.9. The average molecular weight is 336 g/mol. The van der Waals surface area contributed by atoms with Crippen molar-refractivity contribution in [3.63, 3.8) is 0 Å². The summed E-state index contributed by atoms with van der Waals surface area (Å²) in [6.07, 6.45) is 1.23. The molecule has 2 N–H and O–H groups in total. The molecule has 1 saturated heterocycles. The zero-order valence-corrected chi connectivity index (χ0v) is 14.3. The predicted molar refractivity (Wildman–Crippen MR) is 88.9 cm³/mol. The fraction of sp³-hybridized carbons (Fsp3) is 0.471. The largest absolute Gasteiger partial charge is 0.492 e. The van der Waals surface area contributed by atoms with Gasteiger partial charge in [-0.05, 0) is 44.8 Å². The highest BCUT2D eigenvalue weighted by Crippen LogP contribution is 2.38. The van der Waals surface area contributed by atoms with E-state index in [-0.39, 0.29) is 18.6 Å². The Labute approximate surface area is 141 Å². The first kappa shape index (κ1) is 18.6. The molecule has 0 spiro atoms. The van der Waals surface area contributed by atoms with Gasteiger partial charge < -0.3 is 19.5 Å². The Morgan fingerprint density at radius 2 is 1.83 bits per heavy atom. The van der Waals surface area contributed by atoms with Gasteiger partial charge in [-0.15, -0.1) is 0 Å². The summed E-state index contributed by atoms with van der Waals surface area (Å²) in [4.78, 5) is 10.7. The van der Waals surface area contributed by atoms with Gasteiger partial charge in [0.05, 0.1) is 24.2 Å². The quantitative estimate of drug-likeness (QED) is 0.808. The molecule has 24 heavy (non-hydrogen) atoms. The molecule has 5 nitrogen and oxygen atoms in total. The van der Waals surface area contributed by atoms with Gasteiger partial charge in [-0.1, -0.05) is 18.2 Å². The fourth-order valence-corrected chi connectivity index (χ4v) is 2.35. The van der Waals surface area contributed by atoms with E-state index >= 15 is 0 Å². The van der Waals surface area contributed by atoms with E-state index in [2.05, 4.69) is 0 Å². The normalized spacial score (nSPS) is 19.6.